The molecule has 1 aromatic heterocycles. The molecule has 0 saturated heterocycles. The van der Waals surface area contributed by atoms with Crippen LogP contribution in [0.3, 0.4) is 0 Å². The normalized spacial score (nSPS) is 10.0. The Kier molecular flexibility index (Phi) is 2.53. The van der Waals surface area contributed by atoms with Crippen LogP contribution in [-0.2, 0) is 0 Å². The third kappa shape index (κ3) is 2.46. The topological polar surface area (TPSA) is 37.8 Å². The van der Waals surface area contributed by atoms with E-state index >= 15 is 0 Å². The predicted octanol–water partition coefficient (Wildman–Crippen LogP) is 2.30. The lowest BCUT2D eigenvalue weighted by atomic mass is 10.3. The summed E-state index contributed by atoms with van der Waals surface area (Å²) in [7, 11) is 0. The highest BCUT2D eigenvalue weighted by atomic mass is 19.1. The van der Waals surface area contributed by atoms with E-state index in [2.05, 4.69) is 21.4 Å². The summed E-state index contributed by atoms with van der Waals surface area (Å²) in [5.74, 6) is -0.835. The van der Waals surface area contributed by atoms with Crippen molar-refractivity contribution in [2.45, 2.75) is 0 Å². The second kappa shape index (κ2) is 4.00. The van der Waals surface area contributed by atoms with E-state index in [9.17, 15) is 8.78 Å². The average molecular weight is 206 g/mol. The molecule has 0 saturated carbocycles. The minimum absolute atomic E-state index is 0.0752. The third-order valence-corrected chi connectivity index (χ3v) is 1.66. The van der Waals surface area contributed by atoms with Crippen LogP contribution in [0.25, 0.3) is 0 Å². The first kappa shape index (κ1) is 9.51. The zero-order valence-corrected chi connectivity index (χ0v) is 7.54. The Morgan fingerprint density at radius 1 is 1.13 bits per heavy atom. The van der Waals surface area contributed by atoms with Gasteiger partial charge in [0, 0.05) is 11.8 Å². The van der Waals surface area contributed by atoms with Gasteiger partial charge >= 0.3 is 6.08 Å². The number of aromatic nitrogens is 2. The maximum atomic E-state index is 12.7. The summed E-state index contributed by atoms with van der Waals surface area (Å²) in [4.78, 5) is 6.28. The summed E-state index contributed by atoms with van der Waals surface area (Å²) in [5, 5.41) is 2.73. The minimum Gasteiger partial charge on any atom is -0.340 e. The molecule has 1 radical (unpaired) electrons. The van der Waals surface area contributed by atoms with Gasteiger partial charge in [0.1, 0.15) is 5.82 Å². The Bertz CT molecular complexity index is 439. The van der Waals surface area contributed by atoms with E-state index < -0.39 is 12.0 Å². The highest BCUT2D eigenvalue weighted by Crippen LogP contribution is 2.13. The molecule has 15 heavy (non-hydrogen) atoms. The van der Waals surface area contributed by atoms with Crippen molar-refractivity contribution in [2.75, 3.05) is 5.32 Å². The molecule has 0 atom stereocenters. The molecule has 2 aromatic rings. The molecular formula is C10H6F2N3. The quantitative estimate of drug-likeness (QED) is 0.605. The number of hydrogen-bond donors (Lipinski definition) is 1. The van der Waals surface area contributed by atoms with Crippen LogP contribution in [-0.4, -0.2) is 9.97 Å². The van der Waals surface area contributed by atoms with Gasteiger partial charge in [-0.3, -0.25) is 0 Å². The van der Waals surface area contributed by atoms with Crippen LogP contribution in [0.15, 0.2) is 30.3 Å². The van der Waals surface area contributed by atoms with Crippen molar-refractivity contribution in [3.05, 3.63) is 48.4 Å². The molecule has 2 rings (SSSR count). The standard InChI is InChI=1S/C10H6F2N3/c11-8-6-9(15-10(12)14-8)13-7-4-2-1-3-5-7/h2-6H,(H,13,14,15). The zero-order chi connectivity index (χ0) is 10.7. The van der Waals surface area contributed by atoms with Crippen LogP contribution < -0.4 is 5.32 Å². The molecule has 0 amide bonds. The number of anilines is 2. The zero-order valence-electron chi connectivity index (χ0n) is 7.54. The molecule has 1 N–H and O–H groups in total. The number of nitrogens with zero attached hydrogens (tertiary/aromatic N) is 2. The van der Waals surface area contributed by atoms with Crippen molar-refractivity contribution in [3.8, 4) is 0 Å². The van der Waals surface area contributed by atoms with Crippen LogP contribution >= 0.6 is 0 Å². The molecule has 0 spiro atoms. The summed E-state index contributed by atoms with van der Waals surface area (Å²) in [6.45, 7) is 0. The molecule has 0 aliphatic carbocycles. The van der Waals surface area contributed by atoms with Gasteiger partial charge in [-0.15, -0.1) is 0 Å². The Hall–Kier alpha value is -2.04. The van der Waals surface area contributed by atoms with Gasteiger partial charge in [-0.2, -0.15) is 18.7 Å². The molecule has 0 aliphatic rings. The van der Waals surface area contributed by atoms with Gasteiger partial charge in [0.15, 0.2) is 0 Å². The minimum atomic E-state index is -1.10. The summed E-state index contributed by atoms with van der Waals surface area (Å²) in [6, 6.07) is 10.6. The van der Waals surface area contributed by atoms with E-state index in [1.54, 1.807) is 24.3 Å². The van der Waals surface area contributed by atoms with E-state index in [0.717, 1.165) is 6.07 Å². The molecule has 0 aliphatic heterocycles. The highest BCUT2D eigenvalue weighted by molar-refractivity contribution is 5.54. The summed E-state index contributed by atoms with van der Waals surface area (Å²) in [5.41, 5.74) is 0.672. The van der Waals surface area contributed by atoms with Crippen LogP contribution in [0.1, 0.15) is 0 Å². The van der Waals surface area contributed by atoms with Crippen LogP contribution in [0.5, 0.6) is 0 Å². The monoisotopic (exact) mass is 206 g/mol. The van der Waals surface area contributed by atoms with Crippen LogP contribution in [0.4, 0.5) is 20.3 Å². The molecule has 75 valence electrons. The number of nitrogens with one attached hydrogen (secondary N) is 1. The molecule has 1 aromatic carbocycles. The predicted molar refractivity (Wildman–Crippen MR) is 50.5 cm³/mol. The van der Waals surface area contributed by atoms with Crippen molar-refractivity contribution >= 4 is 11.5 Å². The lowest BCUT2D eigenvalue weighted by Crippen LogP contribution is -1.99. The van der Waals surface area contributed by atoms with Crippen molar-refractivity contribution in [2.24, 2.45) is 0 Å². The Morgan fingerprint density at radius 2 is 1.87 bits per heavy atom. The summed E-state index contributed by atoms with van der Waals surface area (Å²) < 4.78 is 25.3. The van der Waals surface area contributed by atoms with Gasteiger partial charge < -0.3 is 5.32 Å². The van der Waals surface area contributed by atoms with E-state index in [1.807, 2.05) is 0 Å². The summed E-state index contributed by atoms with van der Waals surface area (Å²) in [6.07, 6.45) is -1.10. The van der Waals surface area contributed by atoms with E-state index in [-0.39, 0.29) is 5.82 Å². The van der Waals surface area contributed by atoms with Crippen molar-refractivity contribution in [3.63, 3.8) is 0 Å². The Morgan fingerprint density at radius 3 is 2.53 bits per heavy atom. The Labute approximate surface area is 84.8 Å². The van der Waals surface area contributed by atoms with Crippen LogP contribution in [0.2, 0.25) is 0 Å². The van der Waals surface area contributed by atoms with Gasteiger partial charge in [0.25, 0.3) is 0 Å². The molecule has 0 fully saturated rings. The Balaban J connectivity index is 2.25. The molecule has 0 unspecified atom stereocenters. The molecule has 5 heteroatoms. The number of rotatable bonds is 2. The third-order valence-electron chi connectivity index (χ3n) is 1.66. The lowest BCUT2D eigenvalue weighted by Gasteiger charge is -2.04. The van der Waals surface area contributed by atoms with Crippen LogP contribution in [0, 0.1) is 18.1 Å². The number of halogens is 2. The van der Waals surface area contributed by atoms with Crippen molar-refractivity contribution in [1.82, 2.24) is 9.97 Å². The molecular weight excluding hydrogens is 200 g/mol. The lowest BCUT2D eigenvalue weighted by molar-refractivity contribution is 0.485. The van der Waals surface area contributed by atoms with Gasteiger partial charge in [0.2, 0.25) is 5.95 Å². The van der Waals surface area contributed by atoms with Gasteiger partial charge in [-0.05, 0) is 18.2 Å². The van der Waals surface area contributed by atoms with Gasteiger partial charge in [-0.1, -0.05) is 12.1 Å². The SMILES string of the molecule is Fc1cc(Nc2cc[c]cc2)nc(F)n1. The molecule has 3 nitrogen and oxygen atoms in total. The number of hydrogen-bond acceptors (Lipinski definition) is 3. The first-order valence-corrected chi connectivity index (χ1v) is 4.17. The fraction of sp³-hybridized carbons (Fsp3) is 0. The first-order valence-electron chi connectivity index (χ1n) is 4.17. The summed E-state index contributed by atoms with van der Waals surface area (Å²) >= 11 is 0. The molecule has 1 heterocycles. The largest absolute Gasteiger partial charge is 0.340 e. The first-order chi connectivity index (χ1) is 7.24. The van der Waals surface area contributed by atoms with Crippen molar-refractivity contribution in [1.29, 1.82) is 0 Å². The second-order valence-corrected chi connectivity index (χ2v) is 2.76. The smallest absolute Gasteiger partial charge is 0.313 e. The van der Waals surface area contributed by atoms with E-state index in [1.165, 1.54) is 0 Å². The maximum absolute atomic E-state index is 12.7. The van der Waals surface area contributed by atoms with E-state index in [0.29, 0.717) is 5.69 Å². The van der Waals surface area contributed by atoms with Gasteiger partial charge in [-0.25, -0.2) is 0 Å². The molecule has 0 bridgehead atoms. The maximum Gasteiger partial charge on any atom is 0.313 e. The average Bonchev–Trinajstić information content (AvgIpc) is 2.17. The highest BCUT2D eigenvalue weighted by Gasteiger charge is 2.03. The van der Waals surface area contributed by atoms with Crippen molar-refractivity contribution < 1.29 is 8.78 Å². The fourth-order valence-corrected chi connectivity index (χ4v) is 1.07. The van der Waals surface area contributed by atoms with E-state index in [4.69, 9.17) is 0 Å². The second-order valence-electron chi connectivity index (χ2n) is 2.76. The van der Waals surface area contributed by atoms with Gasteiger partial charge in [0.05, 0.1) is 0 Å². The fourth-order valence-electron chi connectivity index (χ4n) is 1.07. The number of benzene rings is 1.